The van der Waals surface area contributed by atoms with Crippen LogP contribution in [0.25, 0.3) is 0 Å². The molecule has 0 N–H and O–H groups in total. The summed E-state index contributed by atoms with van der Waals surface area (Å²) in [4.78, 5) is 7.92. The van der Waals surface area contributed by atoms with E-state index in [-0.39, 0.29) is 0 Å². The molecule has 0 bridgehead atoms. The molecule has 70 valence electrons. The van der Waals surface area contributed by atoms with Crippen molar-refractivity contribution in [2.45, 2.75) is 0 Å². The normalized spacial score (nSPS) is 9.79. The smallest absolute Gasteiger partial charge is 0.237 e. The maximum Gasteiger partial charge on any atom is 0.237 e. The molecule has 0 aliphatic heterocycles. The Kier molecular flexibility index (Phi) is 2.74. The number of hydrogen-bond donors (Lipinski definition) is 0. The van der Waals surface area contributed by atoms with Gasteiger partial charge in [0, 0.05) is 12.4 Å². The van der Waals surface area contributed by atoms with Gasteiger partial charge in [-0.2, -0.15) is 0 Å². The lowest BCUT2D eigenvalue weighted by atomic mass is 10.3. The minimum atomic E-state index is 0.486. The third kappa shape index (κ3) is 2.09. The minimum Gasteiger partial charge on any atom is -0.436 e. The summed E-state index contributed by atoms with van der Waals surface area (Å²) in [6, 6.07) is 7.59. The zero-order chi connectivity index (χ0) is 9.80. The first kappa shape index (κ1) is 9.15. The van der Waals surface area contributed by atoms with E-state index in [1.54, 1.807) is 18.6 Å². The van der Waals surface area contributed by atoms with Gasteiger partial charge in [0.2, 0.25) is 5.88 Å². The Hall–Kier alpha value is -1.42. The molecule has 0 atom stereocenters. The monoisotopic (exact) mass is 250 g/mol. The Morgan fingerprint density at radius 3 is 2.71 bits per heavy atom. The van der Waals surface area contributed by atoms with Crippen LogP contribution in [0.4, 0.5) is 0 Å². The molecule has 0 amide bonds. The van der Waals surface area contributed by atoms with Crippen LogP contribution in [0, 0.1) is 0 Å². The van der Waals surface area contributed by atoms with E-state index in [0.717, 1.165) is 10.2 Å². The SMILES string of the molecule is Brc1ccccc1Oc1cnccn1. The summed E-state index contributed by atoms with van der Waals surface area (Å²) in [5.74, 6) is 1.22. The molecule has 14 heavy (non-hydrogen) atoms. The lowest BCUT2D eigenvalue weighted by Gasteiger charge is -2.04. The van der Waals surface area contributed by atoms with Crippen LogP contribution in [0.1, 0.15) is 0 Å². The third-order valence-electron chi connectivity index (χ3n) is 1.59. The number of benzene rings is 1. The molecule has 0 saturated heterocycles. The molecule has 0 aliphatic rings. The fourth-order valence-corrected chi connectivity index (χ4v) is 1.34. The van der Waals surface area contributed by atoms with E-state index in [2.05, 4.69) is 25.9 Å². The summed E-state index contributed by atoms with van der Waals surface area (Å²) in [6.07, 6.45) is 4.76. The average molecular weight is 251 g/mol. The van der Waals surface area contributed by atoms with Gasteiger partial charge >= 0.3 is 0 Å². The number of halogens is 1. The highest BCUT2D eigenvalue weighted by molar-refractivity contribution is 9.10. The highest BCUT2D eigenvalue weighted by atomic mass is 79.9. The Morgan fingerprint density at radius 2 is 2.00 bits per heavy atom. The molecule has 1 aromatic carbocycles. The summed E-state index contributed by atoms with van der Waals surface area (Å²) in [6.45, 7) is 0. The van der Waals surface area contributed by atoms with E-state index >= 15 is 0 Å². The van der Waals surface area contributed by atoms with Gasteiger partial charge in [-0.05, 0) is 28.1 Å². The second kappa shape index (κ2) is 4.19. The van der Waals surface area contributed by atoms with E-state index in [0.29, 0.717) is 5.88 Å². The van der Waals surface area contributed by atoms with Crippen LogP contribution >= 0.6 is 15.9 Å². The van der Waals surface area contributed by atoms with E-state index in [1.165, 1.54) is 0 Å². The highest BCUT2D eigenvalue weighted by Gasteiger charge is 2.01. The number of para-hydroxylation sites is 1. The quantitative estimate of drug-likeness (QED) is 0.822. The number of nitrogens with zero attached hydrogens (tertiary/aromatic N) is 2. The van der Waals surface area contributed by atoms with E-state index in [9.17, 15) is 0 Å². The van der Waals surface area contributed by atoms with Crippen molar-refractivity contribution in [2.75, 3.05) is 0 Å². The highest BCUT2D eigenvalue weighted by Crippen LogP contribution is 2.27. The fourth-order valence-electron chi connectivity index (χ4n) is 0.978. The summed E-state index contributed by atoms with van der Waals surface area (Å²) in [7, 11) is 0. The lowest BCUT2D eigenvalue weighted by Crippen LogP contribution is -1.88. The first-order valence-corrected chi connectivity index (χ1v) is 4.84. The van der Waals surface area contributed by atoms with Crippen LogP contribution in [0.5, 0.6) is 11.6 Å². The van der Waals surface area contributed by atoms with Gasteiger partial charge in [-0.1, -0.05) is 12.1 Å². The molecule has 0 radical (unpaired) electrons. The number of rotatable bonds is 2. The van der Waals surface area contributed by atoms with Crippen molar-refractivity contribution in [3.63, 3.8) is 0 Å². The van der Waals surface area contributed by atoms with Gasteiger partial charge in [0.05, 0.1) is 10.7 Å². The maximum atomic E-state index is 5.49. The van der Waals surface area contributed by atoms with Gasteiger partial charge in [0.1, 0.15) is 5.75 Å². The predicted octanol–water partition coefficient (Wildman–Crippen LogP) is 3.03. The molecule has 1 heterocycles. The third-order valence-corrected chi connectivity index (χ3v) is 2.25. The van der Waals surface area contributed by atoms with Crippen molar-refractivity contribution in [3.8, 4) is 11.6 Å². The van der Waals surface area contributed by atoms with E-state index in [4.69, 9.17) is 4.74 Å². The molecule has 2 aromatic rings. The van der Waals surface area contributed by atoms with Crippen molar-refractivity contribution in [3.05, 3.63) is 47.3 Å². The van der Waals surface area contributed by atoms with Gasteiger partial charge in [0.25, 0.3) is 0 Å². The molecule has 2 rings (SSSR count). The van der Waals surface area contributed by atoms with Crippen LogP contribution < -0.4 is 4.74 Å². The molecule has 0 fully saturated rings. The fraction of sp³-hybridized carbons (Fsp3) is 0. The Balaban J connectivity index is 2.24. The number of aromatic nitrogens is 2. The van der Waals surface area contributed by atoms with E-state index < -0.39 is 0 Å². The lowest BCUT2D eigenvalue weighted by molar-refractivity contribution is 0.457. The van der Waals surface area contributed by atoms with Gasteiger partial charge in [-0.3, -0.25) is 4.98 Å². The second-order valence-electron chi connectivity index (χ2n) is 2.58. The Morgan fingerprint density at radius 1 is 1.14 bits per heavy atom. The van der Waals surface area contributed by atoms with Crippen LogP contribution in [-0.4, -0.2) is 9.97 Å². The maximum absolute atomic E-state index is 5.49. The van der Waals surface area contributed by atoms with E-state index in [1.807, 2.05) is 24.3 Å². The zero-order valence-electron chi connectivity index (χ0n) is 7.22. The standard InChI is InChI=1S/C10H7BrN2O/c11-8-3-1-2-4-9(8)14-10-7-12-5-6-13-10/h1-7H. The number of hydrogen-bond acceptors (Lipinski definition) is 3. The summed E-state index contributed by atoms with van der Waals surface area (Å²) < 4.78 is 6.38. The predicted molar refractivity (Wildman–Crippen MR) is 56.2 cm³/mol. The van der Waals surface area contributed by atoms with Crippen LogP contribution in [-0.2, 0) is 0 Å². The van der Waals surface area contributed by atoms with Crippen molar-refractivity contribution >= 4 is 15.9 Å². The molecule has 0 unspecified atom stereocenters. The molecule has 0 spiro atoms. The molecule has 0 saturated carbocycles. The van der Waals surface area contributed by atoms with Gasteiger partial charge in [-0.25, -0.2) is 4.98 Å². The largest absolute Gasteiger partial charge is 0.436 e. The van der Waals surface area contributed by atoms with Gasteiger partial charge < -0.3 is 4.74 Å². The molecule has 4 heteroatoms. The van der Waals surface area contributed by atoms with Gasteiger partial charge in [-0.15, -0.1) is 0 Å². The average Bonchev–Trinajstić information content (AvgIpc) is 2.23. The van der Waals surface area contributed by atoms with Gasteiger partial charge in [0.15, 0.2) is 0 Å². The Labute approximate surface area is 89.9 Å². The minimum absolute atomic E-state index is 0.486. The zero-order valence-corrected chi connectivity index (χ0v) is 8.81. The Bertz CT molecular complexity index is 419. The van der Waals surface area contributed by atoms with Crippen LogP contribution in [0.15, 0.2) is 47.3 Å². The summed E-state index contributed by atoms with van der Waals surface area (Å²) >= 11 is 3.38. The molecule has 0 aliphatic carbocycles. The molecular weight excluding hydrogens is 244 g/mol. The van der Waals surface area contributed by atoms with Crippen molar-refractivity contribution in [1.29, 1.82) is 0 Å². The van der Waals surface area contributed by atoms with Crippen LogP contribution in [0.2, 0.25) is 0 Å². The van der Waals surface area contributed by atoms with Crippen LogP contribution in [0.3, 0.4) is 0 Å². The molecular formula is C10H7BrN2O. The first-order chi connectivity index (χ1) is 6.86. The summed E-state index contributed by atoms with van der Waals surface area (Å²) in [5, 5.41) is 0. The van der Waals surface area contributed by atoms with Crippen molar-refractivity contribution < 1.29 is 4.74 Å². The molecule has 3 nitrogen and oxygen atoms in total. The molecule has 1 aromatic heterocycles. The second-order valence-corrected chi connectivity index (χ2v) is 3.43. The summed E-state index contributed by atoms with van der Waals surface area (Å²) in [5.41, 5.74) is 0. The first-order valence-electron chi connectivity index (χ1n) is 4.04. The number of ether oxygens (including phenoxy) is 1. The topological polar surface area (TPSA) is 35.0 Å². The van der Waals surface area contributed by atoms with Crippen molar-refractivity contribution in [2.24, 2.45) is 0 Å². The van der Waals surface area contributed by atoms with Crippen molar-refractivity contribution in [1.82, 2.24) is 9.97 Å².